The first-order valence-electron chi connectivity index (χ1n) is 8.53. The van der Waals surface area contributed by atoms with E-state index in [1.807, 2.05) is 0 Å². The molecule has 0 saturated carbocycles. The average molecular weight is 300 g/mol. The molecule has 21 heavy (non-hydrogen) atoms. The third kappa shape index (κ3) is 5.18. The van der Waals surface area contributed by atoms with Crippen molar-refractivity contribution in [3.8, 4) is 0 Å². The fourth-order valence-electron chi connectivity index (χ4n) is 3.39. The molecule has 0 bridgehead atoms. The van der Waals surface area contributed by atoms with Gasteiger partial charge < -0.3 is 19.9 Å². The molecule has 5 heteroatoms. The van der Waals surface area contributed by atoms with E-state index in [9.17, 15) is 5.11 Å². The number of aliphatic hydroxyl groups is 1. The van der Waals surface area contributed by atoms with Crippen LogP contribution in [0.2, 0.25) is 0 Å². The smallest absolute Gasteiger partial charge is 0.0791 e. The van der Waals surface area contributed by atoms with Gasteiger partial charge >= 0.3 is 0 Å². The van der Waals surface area contributed by atoms with Crippen molar-refractivity contribution < 1.29 is 14.6 Å². The van der Waals surface area contributed by atoms with Crippen LogP contribution in [0.3, 0.4) is 0 Å². The molecule has 0 amide bonds. The largest absolute Gasteiger partial charge is 0.390 e. The molecule has 0 aromatic carbocycles. The number of nitrogens with one attached hydrogen (secondary N) is 1. The van der Waals surface area contributed by atoms with Crippen LogP contribution in [-0.4, -0.2) is 73.8 Å². The predicted octanol–water partition coefficient (Wildman–Crippen LogP) is 1.01. The van der Waals surface area contributed by atoms with E-state index in [-0.39, 0.29) is 11.7 Å². The van der Waals surface area contributed by atoms with Crippen LogP contribution in [-0.2, 0) is 9.47 Å². The maximum atomic E-state index is 10.2. The lowest BCUT2D eigenvalue weighted by Crippen LogP contribution is -2.49. The molecular weight excluding hydrogens is 268 g/mol. The number of morpholine rings is 1. The normalized spacial score (nSPS) is 28.4. The van der Waals surface area contributed by atoms with Gasteiger partial charge in [-0.3, -0.25) is 4.90 Å². The lowest BCUT2D eigenvalue weighted by molar-refractivity contribution is -0.0939. The molecule has 2 rings (SSSR count). The predicted molar refractivity (Wildman–Crippen MR) is 83.6 cm³/mol. The topological polar surface area (TPSA) is 54.0 Å². The Morgan fingerprint density at radius 3 is 2.62 bits per heavy atom. The van der Waals surface area contributed by atoms with Gasteiger partial charge in [0, 0.05) is 38.8 Å². The Balaban J connectivity index is 1.69. The van der Waals surface area contributed by atoms with Gasteiger partial charge in [0.15, 0.2) is 0 Å². The van der Waals surface area contributed by atoms with Crippen molar-refractivity contribution in [1.82, 2.24) is 10.2 Å². The van der Waals surface area contributed by atoms with Crippen molar-refractivity contribution in [3.63, 3.8) is 0 Å². The van der Waals surface area contributed by atoms with Gasteiger partial charge in [-0.25, -0.2) is 0 Å². The van der Waals surface area contributed by atoms with Crippen LogP contribution in [0.15, 0.2) is 0 Å². The summed E-state index contributed by atoms with van der Waals surface area (Å²) in [5.41, 5.74) is 0.0467. The fourth-order valence-corrected chi connectivity index (χ4v) is 3.39. The number of ether oxygens (including phenoxy) is 2. The van der Waals surface area contributed by atoms with Crippen molar-refractivity contribution in [2.24, 2.45) is 0 Å². The molecule has 2 N–H and O–H groups in total. The minimum absolute atomic E-state index is 0.0467. The molecule has 2 aliphatic rings. The molecule has 2 heterocycles. The highest BCUT2D eigenvalue weighted by molar-refractivity contribution is 4.88. The van der Waals surface area contributed by atoms with E-state index in [0.29, 0.717) is 12.6 Å². The Labute approximate surface area is 129 Å². The third-order valence-electron chi connectivity index (χ3n) is 5.00. The van der Waals surface area contributed by atoms with E-state index < -0.39 is 0 Å². The van der Waals surface area contributed by atoms with Crippen molar-refractivity contribution in [3.05, 3.63) is 0 Å². The van der Waals surface area contributed by atoms with E-state index in [2.05, 4.69) is 24.1 Å². The quantitative estimate of drug-likeness (QED) is 0.735. The van der Waals surface area contributed by atoms with Crippen molar-refractivity contribution in [2.45, 2.75) is 57.3 Å². The van der Waals surface area contributed by atoms with Gasteiger partial charge in [-0.15, -0.1) is 0 Å². The molecule has 0 aromatic heterocycles. The maximum absolute atomic E-state index is 10.2. The van der Waals surface area contributed by atoms with Crippen LogP contribution in [0.5, 0.6) is 0 Å². The van der Waals surface area contributed by atoms with E-state index in [1.165, 1.54) is 0 Å². The SMILES string of the molecule is CCC1(CC)CC(NCC(O)CN2CCOCC2)CCO1. The van der Waals surface area contributed by atoms with Crippen LogP contribution in [0, 0.1) is 0 Å². The second kappa shape index (κ2) is 8.44. The Morgan fingerprint density at radius 1 is 1.24 bits per heavy atom. The number of β-amino-alcohol motifs (C(OH)–C–C–N with tert-alkyl or cyclic N) is 1. The Morgan fingerprint density at radius 2 is 1.95 bits per heavy atom. The second-order valence-electron chi connectivity index (χ2n) is 6.40. The van der Waals surface area contributed by atoms with Gasteiger partial charge in [0.05, 0.1) is 24.9 Å². The number of hydrogen-bond donors (Lipinski definition) is 2. The van der Waals surface area contributed by atoms with E-state index in [0.717, 1.165) is 65.1 Å². The molecule has 0 spiro atoms. The molecule has 2 fully saturated rings. The van der Waals surface area contributed by atoms with Crippen LogP contribution in [0.1, 0.15) is 39.5 Å². The number of nitrogens with zero attached hydrogens (tertiary/aromatic N) is 1. The van der Waals surface area contributed by atoms with Crippen molar-refractivity contribution in [2.75, 3.05) is 46.0 Å². The molecule has 0 aromatic rings. The van der Waals surface area contributed by atoms with Crippen LogP contribution >= 0.6 is 0 Å². The first kappa shape index (κ1) is 17.2. The van der Waals surface area contributed by atoms with Crippen molar-refractivity contribution >= 4 is 0 Å². The summed E-state index contributed by atoms with van der Waals surface area (Å²) >= 11 is 0. The highest BCUT2D eigenvalue weighted by Crippen LogP contribution is 2.31. The molecule has 0 aliphatic carbocycles. The second-order valence-corrected chi connectivity index (χ2v) is 6.40. The summed E-state index contributed by atoms with van der Waals surface area (Å²) < 4.78 is 11.3. The summed E-state index contributed by atoms with van der Waals surface area (Å²) in [5.74, 6) is 0. The zero-order valence-corrected chi connectivity index (χ0v) is 13.6. The molecule has 5 nitrogen and oxygen atoms in total. The monoisotopic (exact) mass is 300 g/mol. The molecule has 124 valence electrons. The van der Waals surface area contributed by atoms with Gasteiger partial charge in [0.1, 0.15) is 0 Å². The summed E-state index contributed by atoms with van der Waals surface area (Å²) in [4.78, 5) is 2.28. The number of rotatable bonds is 7. The minimum Gasteiger partial charge on any atom is -0.390 e. The lowest BCUT2D eigenvalue weighted by Gasteiger charge is -2.40. The van der Waals surface area contributed by atoms with Crippen LogP contribution < -0.4 is 5.32 Å². The lowest BCUT2D eigenvalue weighted by atomic mass is 9.86. The van der Waals surface area contributed by atoms with Crippen LogP contribution in [0.4, 0.5) is 0 Å². The van der Waals surface area contributed by atoms with E-state index >= 15 is 0 Å². The van der Waals surface area contributed by atoms with Gasteiger partial charge in [-0.05, 0) is 25.7 Å². The first-order chi connectivity index (χ1) is 10.2. The zero-order chi connectivity index (χ0) is 15.1. The summed E-state index contributed by atoms with van der Waals surface area (Å²) in [6.07, 6.45) is 3.94. The molecular formula is C16H32N2O3. The fraction of sp³-hybridized carbons (Fsp3) is 1.00. The van der Waals surface area contributed by atoms with Crippen LogP contribution in [0.25, 0.3) is 0 Å². The minimum atomic E-state index is -0.302. The highest BCUT2D eigenvalue weighted by atomic mass is 16.5. The van der Waals surface area contributed by atoms with Gasteiger partial charge in [0.25, 0.3) is 0 Å². The number of hydrogen-bond acceptors (Lipinski definition) is 5. The van der Waals surface area contributed by atoms with E-state index in [4.69, 9.17) is 9.47 Å². The Kier molecular flexibility index (Phi) is 6.89. The van der Waals surface area contributed by atoms with Gasteiger partial charge in [-0.1, -0.05) is 13.8 Å². The Hall–Kier alpha value is -0.200. The molecule has 0 radical (unpaired) electrons. The van der Waals surface area contributed by atoms with Gasteiger partial charge in [-0.2, -0.15) is 0 Å². The van der Waals surface area contributed by atoms with Crippen molar-refractivity contribution in [1.29, 1.82) is 0 Å². The van der Waals surface area contributed by atoms with E-state index in [1.54, 1.807) is 0 Å². The molecule has 2 atom stereocenters. The highest BCUT2D eigenvalue weighted by Gasteiger charge is 2.34. The first-order valence-corrected chi connectivity index (χ1v) is 8.53. The molecule has 2 saturated heterocycles. The standard InChI is InChI=1S/C16H32N2O3/c1-3-16(4-2)11-14(5-8-21-16)17-12-15(19)13-18-6-9-20-10-7-18/h14-15,17,19H,3-13H2,1-2H3. The third-order valence-corrected chi connectivity index (χ3v) is 5.00. The summed E-state index contributed by atoms with van der Waals surface area (Å²) in [5, 5.41) is 13.7. The molecule has 2 unspecified atom stereocenters. The Bertz CT molecular complexity index is 291. The maximum Gasteiger partial charge on any atom is 0.0791 e. The molecule has 2 aliphatic heterocycles. The summed E-state index contributed by atoms with van der Waals surface area (Å²) in [6, 6.07) is 0.470. The summed E-state index contributed by atoms with van der Waals surface area (Å²) in [6.45, 7) is 10.1. The summed E-state index contributed by atoms with van der Waals surface area (Å²) in [7, 11) is 0. The zero-order valence-electron chi connectivity index (χ0n) is 13.6. The average Bonchev–Trinajstić information content (AvgIpc) is 2.54. The van der Waals surface area contributed by atoms with Gasteiger partial charge in [0.2, 0.25) is 0 Å². The number of aliphatic hydroxyl groups excluding tert-OH is 1.